The molecule has 0 heterocycles. The summed E-state index contributed by atoms with van der Waals surface area (Å²) in [6, 6.07) is 5.16. The lowest BCUT2D eigenvalue weighted by Crippen LogP contribution is -2.44. The van der Waals surface area contributed by atoms with Gasteiger partial charge >= 0.3 is 0 Å². The zero-order valence-corrected chi connectivity index (χ0v) is 12.3. The molecule has 0 atom stereocenters. The summed E-state index contributed by atoms with van der Waals surface area (Å²) in [7, 11) is -3.67. The minimum absolute atomic E-state index is 0.0107. The molecule has 1 aliphatic rings. The number of sulfonamides is 1. The van der Waals surface area contributed by atoms with E-state index >= 15 is 0 Å². The molecule has 0 unspecified atom stereocenters. The molecule has 1 aromatic rings. The number of nitrogens with two attached hydrogens (primary N) is 1. The van der Waals surface area contributed by atoms with Gasteiger partial charge in [-0.05, 0) is 31.0 Å². The number of nitrogens with zero attached hydrogens (tertiary/aromatic N) is 1. The van der Waals surface area contributed by atoms with Crippen LogP contribution in [0.1, 0.15) is 32.1 Å². The molecule has 0 spiro atoms. The van der Waals surface area contributed by atoms with Crippen LogP contribution in [0.5, 0.6) is 0 Å². The Morgan fingerprint density at radius 3 is 2.55 bits per heavy atom. The van der Waals surface area contributed by atoms with Crippen molar-refractivity contribution in [2.24, 2.45) is 5.73 Å². The predicted octanol–water partition coefficient (Wildman–Crippen LogP) is 2.11. The van der Waals surface area contributed by atoms with E-state index in [0.717, 1.165) is 38.2 Å². The van der Waals surface area contributed by atoms with E-state index in [0.29, 0.717) is 0 Å². The Kier molecular flexibility index (Phi) is 5.12. The van der Waals surface area contributed by atoms with Crippen LogP contribution in [-0.2, 0) is 10.0 Å². The van der Waals surface area contributed by atoms with E-state index in [1.165, 1.54) is 22.5 Å². The number of hydrogen-bond donors (Lipinski definition) is 1. The molecule has 0 bridgehead atoms. The van der Waals surface area contributed by atoms with Crippen molar-refractivity contribution < 1.29 is 12.8 Å². The van der Waals surface area contributed by atoms with Crippen LogP contribution in [0, 0.1) is 5.82 Å². The normalized spacial score (nSPS) is 17.6. The smallest absolute Gasteiger partial charge is 0.243 e. The summed E-state index contributed by atoms with van der Waals surface area (Å²) in [5.41, 5.74) is 5.56. The Morgan fingerprint density at radius 2 is 1.95 bits per heavy atom. The van der Waals surface area contributed by atoms with Crippen molar-refractivity contribution in [2.75, 3.05) is 13.1 Å². The Labute approximate surface area is 119 Å². The van der Waals surface area contributed by atoms with Gasteiger partial charge in [-0.3, -0.25) is 0 Å². The first kappa shape index (κ1) is 15.4. The van der Waals surface area contributed by atoms with E-state index in [1.54, 1.807) is 0 Å². The van der Waals surface area contributed by atoms with Crippen molar-refractivity contribution in [2.45, 2.75) is 43.0 Å². The summed E-state index contributed by atoms with van der Waals surface area (Å²) >= 11 is 0. The maximum atomic E-state index is 13.3. The van der Waals surface area contributed by atoms with Crippen LogP contribution in [0.15, 0.2) is 29.2 Å². The molecule has 0 aliphatic heterocycles. The molecular formula is C14H21FN2O2S. The molecule has 1 aliphatic carbocycles. The zero-order chi connectivity index (χ0) is 14.6. The van der Waals surface area contributed by atoms with E-state index in [4.69, 9.17) is 5.73 Å². The standard InChI is InChI=1S/C14H21FN2O2S/c15-12-5-4-8-14(11-12)20(18,19)17(10-9-16)13-6-2-1-3-7-13/h4-5,8,11,13H,1-3,6-7,9-10,16H2. The van der Waals surface area contributed by atoms with Crippen LogP contribution in [0.2, 0.25) is 0 Å². The molecule has 2 rings (SSSR count). The van der Waals surface area contributed by atoms with Gasteiger partial charge in [-0.1, -0.05) is 25.3 Å². The predicted molar refractivity (Wildman–Crippen MR) is 76.2 cm³/mol. The van der Waals surface area contributed by atoms with Crippen molar-refractivity contribution in [3.63, 3.8) is 0 Å². The molecule has 1 saturated carbocycles. The first-order valence-corrected chi connectivity index (χ1v) is 8.47. The minimum Gasteiger partial charge on any atom is -0.329 e. The van der Waals surface area contributed by atoms with E-state index in [2.05, 4.69) is 0 Å². The number of hydrogen-bond acceptors (Lipinski definition) is 3. The SMILES string of the molecule is NCCN(C1CCCCC1)S(=O)(=O)c1cccc(F)c1. The average Bonchev–Trinajstić information content (AvgIpc) is 2.45. The summed E-state index contributed by atoms with van der Waals surface area (Å²) in [4.78, 5) is 0.0107. The molecule has 0 amide bonds. The molecule has 0 aromatic heterocycles. The molecular weight excluding hydrogens is 279 g/mol. The monoisotopic (exact) mass is 300 g/mol. The highest BCUT2D eigenvalue weighted by atomic mass is 32.2. The van der Waals surface area contributed by atoms with Crippen molar-refractivity contribution >= 4 is 10.0 Å². The summed E-state index contributed by atoms with van der Waals surface area (Å²) in [6.07, 6.45) is 4.92. The molecule has 6 heteroatoms. The van der Waals surface area contributed by atoms with Crippen molar-refractivity contribution in [1.82, 2.24) is 4.31 Å². The average molecular weight is 300 g/mol. The van der Waals surface area contributed by atoms with E-state index in [9.17, 15) is 12.8 Å². The number of rotatable bonds is 5. The summed E-state index contributed by atoms with van der Waals surface area (Å²) < 4.78 is 40.1. The summed E-state index contributed by atoms with van der Waals surface area (Å²) in [6.45, 7) is 0.550. The molecule has 20 heavy (non-hydrogen) atoms. The van der Waals surface area contributed by atoms with Crippen molar-refractivity contribution in [1.29, 1.82) is 0 Å². The van der Waals surface area contributed by atoms with Gasteiger partial charge in [0.15, 0.2) is 0 Å². The van der Waals surface area contributed by atoms with E-state index in [1.807, 2.05) is 0 Å². The Hall–Kier alpha value is -0.980. The highest BCUT2D eigenvalue weighted by Crippen LogP contribution is 2.27. The maximum Gasteiger partial charge on any atom is 0.243 e. The topological polar surface area (TPSA) is 63.4 Å². The van der Waals surface area contributed by atoms with Gasteiger partial charge in [-0.15, -0.1) is 0 Å². The lowest BCUT2D eigenvalue weighted by Gasteiger charge is -2.33. The minimum atomic E-state index is -3.67. The summed E-state index contributed by atoms with van der Waals surface area (Å²) in [5.74, 6) is -0.539. The van der Waals surface area contributed by atoms with Crippen molar-refractivity contribution in [3.05, 3.63) is 30.1 Å². The number of benzene rings is 1. The van der Waals surface area contributed by atoms with Crippen LogP contribution in [0.3, 0.4) is 0 Å². The second-order valence-corrected chi connectivity index (χ2v) is 7.04. The fourth-order valence-electron chi connectivity index (χ4n) is 2.76. The van der Waals surface area contributed by atoms with Crippen LogP contribution in [-0.4, -0.2) is 31.9 Å². The van der Waals surface area contributed by atoms with Gasteiger partial charge in [-0.2, -0.15) is 4.31 Å². The van der Waals surface area contributed by atoms with E-state index < -0.39 is 15.8 Å². The van der Waals surface area contributed by atoms with Gasteiger partial charge < -0.3 is 5.73 Å². The first-order chi connectivity index (χ1) is 9.55. The van der Waals surface area contributed by atoms with Crippen LogP contribution in [0.4, 0.5) is 4.39 Å². The van der Waals surface area contributed by atoms with Gasteiger partial charge in [0.2, 0.25) is 10.0 Å². The van der Waals surface area contributed by atoms with Crippen LogP contribution < -0.4 is 5.73 Å². The fraction of sp³-hybridized carbons (Fsp3) is 0.571. The summed E-state index contributed by atoms with van der Waals surface area (Å²) in [5, 5.41) is 0. The van der Waals surface area contributed by atoms with Gasteiger partial charge in [0.05, 0.1) is 4.90 Å². The molecule has 1 aromatic carbocycles. The van der Waals surface area contributed by atoms with Crippen LogP contribution >= 0.6 is 0 Å². The highest BCUT2D eigenvalue weighted by Gasteiger charge is 2.31. The third-order valence-electron chi connectivity index (χ3n) is 3.73. The Balaban J connectivity index is 2.31. The molecule has 0 saturated heterocycles. The second-order valence-electron chi connectivity index (χ2n) is 5.15. The lowest BCUT2D eigenvalue weighted by atomic mass is 9.95. The fourth-order valence-corrected chi connectivity index (χ4v) is 4.49. The Morgan fingerprint density at radius 1 is 1.25 bits per heavy atom. The zero-order valence-electron chi connectivity index (χ0n) is 11.5. The first-order valence-electron chi connectivity index (χ1n) is 7.03. The largest absolute Gasteiger partial charge is 0.329 e. The lowest BCUT2D eigenvalue weighted by molar-refractivity contribution is 0.257. The molecule has 2 N–H and O–H groups in total. The van der Waals surface area contributed by atoms with Gasteiger partial charge in [-0.25, -0.2) is 12.8 Å². The molecule has 112 valence electrons. The van der Waals surface area contributed by atoms with Gasteiger partial charge in [0.1, 0.15) is 5.82 Å². The molecule has 4 nitrogen and oxygen atoms in total. The highest BCUT2D eigenvalue weighted by molar-refractivity contribution is 7.89. The van der Waals surface area contributed by atoms with E-state index in [-0.39, 0.29) is 24.0 Å². The Bertz CT molecular complexity index is 542. The quantitative estimate of drug-likeness (QED) is 0.906. The second kappa shape index (κ2) is 6.65. The van der Waals surface area contributed by atoms with Gasteiger partial charge in [0.25, 0.3) is 0 Å². The molecule has 1 fully saturated rings. The van der Waals surface area contributed by atoms with Crippen molar-refractivity contribution in [3.8, 4) is 0 Å². The maximum absolute atomic E-state index is 13.3. The van der Waals surface area contributed by atoms with Gasteiger partial charge in [0, 0.05) is 19.1 Å². The third-order valence-corrected chi connectivity index (χ3v) is 5.68. The number of halogens is 1. The molecule has 0 radical (unpaired) electrons. The van der Waals surface area contributed by atoms with Crippen LogP contribution in [0.25, 0.3) is 0 Å². The third kappa shape index (κ3) is 3.37.